The van der Waals surface area contributed by atoms with Crippen LogP contribution >= 0.6 is 21.6 Å². The van der Waals surface area contributed by atoms with Gasteiger partial charge in [0.25, 0.3) is 0 Å². The zero-order valence-corrected chi connectivity index (χ0v) is 20.8. The highest BCUT2D eigenvalue weighted by Crippen LogP contribution is 2.43. The van der Waals surface area contributed by atoms with E-state index < -0.39 is 0 Å². The summed E-state index contributed by atoms with van der Waals surface area (Å²) in [5, 5.41) is 24.1. The van der Waals surface area contributed by atoms with Crippen LogP contribution in [0.25, 0.3) is 22.1 Å². The van der Waals surface area contributed by atoms with Crippen LogP contribution in [0.4, 0.5) is 11.4 Å². The van der Waals surface area contributed by atoms with Gasteiger partial charge in [-0.1, -0.05) is 80.5 Å². The molecule has 0 fully saturated rings. The molecule has 0 aliphatic carbocycles. The van der Waals surface area contributed by atoms with Crippen molar-refractivity contribution < 1.29 is 0 Å². The van der Waals surface area contributed by atoms with Crippen LogP contribution < -0.4 is 10.6 Å². The number of hydrogen-bond acceptors (Lipinski definition) is 8. The summed E-state index contributed by atoms with van der Waals surface area (Å²) >= 11 is 0. The fourth-order valence-electron chi connectivity index (χ4n) is 3.85. The van der Waals surface area contributed by atoms with E-state index in [2.05, 4.69) is 67.7 Å². The van der Waals surface area contributed by atoms with Crippen LogP contribution in [0.2, 0.25) is 0 Å². The van der Waals surface area contributed by atoms with Crippen LogP contribution in [0.3, 0.4) is 0 Å². The number of anilines is 2. The zero-order chi connectivity index (χ0) is 24.2. The summed E-state index contributed by atoms with van der Waals surface area (Å²) in [5.74, 6) is 0. The summed E-state index contributed by atoms with van der Waals surface area (Å²) in [6.45, 7) is 1.07. The van der Waals surface area contributed by atoms with Crippen LogP contribution in [0, 0.1) is 0 Å². The van der Waals surface area contributed by atoms with Crippen molar-refractivity contribution in [1.29, 1.82) is 0 Å². The second-order valence-corrected chi connectivity index (χ2v) is 10.2. The van der Waals surface area contributed by atoms with Gasteiger partial charge in [0.05, 0.1) is 22.4 Å². The Kier molecular flexibility index (Phi) is 6.43. The number of hydrogen-bond donors (Lipinski definition) is 2. The predicted molar refractivity (Wildman–Crippen MR) is 147 cm³/mol. The van der Waals surface area contributed by atoms with Crippen molar-refractivity contribution in [2.45, 2.75) is 23.1 Å². The van der Waals surface area contributed by atoms with Gasteiger partial charge in [-0.15, -0.1) is 10.2 Å². The predicted octanol–water partition coefficient (Wildman–Crippen LogP) is 6.11. The lowest BCUT2D eigenvalue weighted by atomic mass is 10.3. The monoisotopic (exact) mass is 510 g/mol. The second kappa shape index (κ2) is 10.3. The average molecular weight is 511 g/mol. The van der Waals surface area contributed by atoms with Crippen LogP contribution in [0.5, 0.6) is 0 Å². The SMILES string of the molecule is c1ccc(SSc2ccccc2NCn2nnc3ccccc32)c(NCn2nnc3ccccc32)c1. The molecule has 8 nitrogen and oxygen atoms in total. The van der Waals surface area contributed by atoms with E-state index >= 15 is 0 Å². The highest BCUT2D eigenvalue weighted by Gasteiger charge is 2.09. The number of nitrogens with one attached hydrogen (secondary N) is 2. The molecular formula is C26H22N8S2. The minimum absolute atomic E-state index is 0.534. The molecule has 0 amide bonds. The van der Waals surface area contributed by atoms with Crippen LogP contribution in [-0.4, -0.2) is 30.0 Å². The third kappa shape index (κ3) is 4.73. The first-order valence-electron chi connectivity index (χ1n) is 11.4. The van der Waals surface area contributed by atoms with Crippen molar-refractivity contribution in [1.82, 2.24) is 30.0 Å². The van der Waals surface area contributed by atoms with Gasteiger partial charge in [-0.2, -0.15) is 0 Å². The zero-order valence-electron chi connectivity index (χ0n) is 19.2. The first kappa shape index (κ1) is 22.4. The molecule has 2 N–H and O–H groups in total. The maximum absolute atomic E-state index is 4.28. The molecule has 6 rings (SSSR count). The molecule has 0 aliphatic heterocycles. The normalized spacial score (nSPS) is 11.2. The van der Waals surface area contributed by atoms with Crippen molar-refractivity contribution in [2.24, 2.45) is 0 Å². The largest absolute Gasteiger partial charge is 0.365 e. The molecule has 36 heavy (non-hydrogen) atoms. The molecule has 10 heteroatoms. The number of aromatic nitrogens is 6. The Labute approximate surface area is 215 Å². The van der Waals surface area contributed by atoms with Crippen LogP contribution in [0.15, 0.2) is 107 Å². The first-order chi connectivity index (χ1) is 17.8. The highest BCUT2D eigenvalue weighted by molar-refractivity contribution is 8.76. The number of rotatable bonds is 9. The maximum atomic E-state index is 4.28. The first-order valence-corrected chi connectivity index (χ1v) is 13.6. The topological polar surface area (TPSA) is 85.5 Å². The Bertz CT molecular complexity index is 1510. The summed E-state index contributed by atoms with van der Waals surface area (Å²) in [6, 6.07) is 32.5. The Morgan fingerprint density at radius 1 is 0.528 bits per heavy atom. The lowest BCUT2D eigenvalue weighted by Crippen LogP contribution is -2.10. The van der Waals surface area contributed by atoms with E-state index in [4.69, 9.17) is 0 Å². The Balaban J connectivity index is 1.14. The smallest absolute Gasteiger partial charge is 0.113 e. The molecule has 0 spiro atoms. The number of para-hydroxylation sites is 4. The fraction of sp³-hybridized carbons (Fsp3) is 0.0769. The standard InChI is InChI=1S/C26H22N8S2/c1-5-13-23-19(9-1)29-31-33(23)17-27-21-11-3-7-15-25(21)35-36-26-16-8-4-12-22(26)28-18-34-24-14-6-2-10-20(24)30-32-34/h1-16,27-28H,17-18H2. The minimum Gasteiger partial charge on any atom is -0.365 e. The third-order valence-corrected chi connectivity index (χ3v) is 8.16. The van der Waals surface area contributed by atoms with Gasteiger partial charge in [0, 0.05) is 9.79 Å². The molecule has 2 aromatic heterocycles. The molecule has 0 aliphatic rings. The Hall–Kier alpha value is -4.02. The molecule has 0 unspecified atom stereocenters. The molecule has 4 aromatic carbocycles. The van der Waals surface area contributed by atoms with E-state index in [1.54, 1.807) is 21.6 Å². The van der Waals surface area contributed by atoms with Gasteiger partial charge < -0.3 is 10.6 Å². The maximum Gasteiger partial charge on any atom is 0.113 e. The van der Waals surface area contributed by atoms with Gasteiger partial charge in [-0.25, -0.2) is 9.36 Å². The van der Waals surface area contributed by atoms with Gasteiger partial charge in [0.1, 0.15) is 24.4 Å². The quantitative estimate of drug-likeness (QED) is 0.225. The van der Waals surface area contributed by atoms with Crippen molar-refractivity contribution in [3.05, 3.63) is 97.1 Å². The molecule has 6 aromatic rings. The Morgan fingerprint density at radius 2 is 0.944 bits per heavy atom. The second-order valence-electron chi connectivity index (χ2n) is 7.98. The minimum atomic E-state index is 0.534. The third-order valence-electron chi connectivity index (χ3n) is 5.67. The molecule has 178 valence electrons. The fourth-order valence-corrected chi connectivity index (χ4v) is 6.17. The number of fused-ring (bicyclic) bond motifs is 2. The van der Waals surface area contributed by atoms with Gasteiger partial charge in [-0.3, -0.25) is 0 Å². The van der Waals surface area contributed by atoms with Crippen molar-refractivity contribution in [3.8, 4) is 0 Å². The van der Waals surface area contributed by atoms with Crippen molar-refractivity contribution >= 4 is 55.0 Å². The lowest BCUT2D eigenvalue weighted by Gasteiger charge is -2.14. The molecular weight excluding hydrogens is 488 g/mol. The summed E-state index contributed by atoms with van der Waals surface area (Å²) in [7, 11) is 3.43. The summed E-state index contributed by atoms with van der Waals surface area (Å²) in [5.41, 5.74) is 5.89. The van der Waals surface area contributed by atoms with Gasteiger partial charge in [0.2, 0.25) is 0 Å². The molecule has 0 saturated heterocycles. The molecule has 0 bridgehead atoms. The van der Waals surface area contributed by atoms with Crippen molar-refractivity contribution in [2.75, 3.05) is 10.6 Å². The molecule has 0 atom stereocenters. The van der Waals surface area contributed by atoms with E-state index in [1.807, 2.05) is 70.0 Å². The number of nitrogens with zero attached hydrogens (tertiary/aromatic N) is 6. The summed E-state index contributed by atoms with van der Waals surface area (Å²) < 4.78 is 3.74. The Morgan fingerprint density at radius 3 is 1.44 bits per heavy atom. The van der Waals surface area contributed by atoms with E-state index in [1.165, 1.54) is 0 Å². The van der Waals surface area contributed by atoms with Gasteiger partial charge >= 0.3 is 0 Å². The lowest BCUT2D eigenvalue weighted by molar-refractivity contribution is 0.654. The molecule has 0 radical (unpaired) electrons. The summed E-state index contributed by atoms with van der Waals surface area (Å²) in [4.78, 5) is 2.29. The van der Waals surface area contributed by atoms with E-state index in [-0.39, 0.29) is 0 Å². The highest BCUT2D eigenvalue weighted by atomic mass is 33.1. The van der Waals surface area contributed by atoms with Crippen molar-refractivity contribution in [3.63, 3.8) is 0 Å². The average Bonchev–Trinajstić information content (AvgIpc) is 3.54. The number of benzene rings is 4. The van der Waals surface area contributed by atoms with Gasteiger partial charge in [0.15, 0.2) is 0 Å². The summed E-state index contributed by atoms with van der Waals surface area (Å²) in [6.07, 6.45) is 0. The van der Waals surface area contributed by atoms with Crippen LogP contribution in [0.1, 0.15) is 0 Å². The van der Waals surface area contributed by atoms with E-state index in [0.29, 0.717) is 13.3 Å². The van der Waals surface area contributed by atoms with E-state index in [9.17, 15) is 0 Å². The van der Waals surface area contributed by atoms with Crippen LogP contribution in [-0.2, 0) is 13.3 Å². The molecule has 2 heterocycles. The molecule has 0 saturated carbocycles. The van der Waals surface area contributed by atoms with Gasteiger partial charge in [-0.05, 0) is 48.5 Å². The van der Waals surface area contributed by atoms with E-state index in [0.717, 1.165) is 43.2 Å².